The van der Waals surface area contributed by atoms with Gasteiger partial charge >= 0.3 is 0 Å². The number of dihydropyridines is 1. The number of aliphatic imine (C=N–C) groups is 1. The summed E-state index contributed by atoms with van der Waals surface area (Å²) in [7, 11) is 0. The molecule has 0 spiro atoms. The number of nitrogens with zero attached hydrogens (tertiary/aromatic N) is 1. The van der Waals surface area contributed by atoms with Crippen LogP contribution in [-0.4, -0.2) is 12.8 Å². The van der Waals surface area contributed by atoms with Crippen molar-refractivity contribution < 1.29 is 0 Å². The Bertz CT molecular complexity index is 507. The Kier molecular flexibility index (Phi) is 6.62. The zero-order chi connectivity index (χ0) is 14.1. The number of rotatable bonds is 3. The lowest BCUT2D eigenvalue weighted by molar-refractivity contribution is 0.992. The molecule has 0 bridgehead atoms. The van der Waals surface area contributed by atoms with Crippen LogP contribution in [0.2, 0.25) is 5.02 Å². The van der Waals surface area contributed by atoms with E-state index in [0.717, 1.165) is 34.7 Å². The molecule has 2 rings (SSSR count). The number of allylic oxidation sites excluding steroid dienone is 3. The highest BCUT2D eigenvalue weighted by atomic mass is 35.5. The second-order valence-electron chi connectivity index (χ2n) is 3.89. The predicted molar refractivity (Wildman–Crippen MR) is 86.9 cm³/mol. The molecular weight excluding hydrogens is 254 g/mol. The van der Waals surface area contributed by atoms with E-state index in [1.165, 1.54) is 0 Å². The molecule has 1 aromatic rings. The summed E-state index contributed by atoms with van der Waals surface area (Å²) in [5, 5.41) is 0.753. The third kappa shape index (κ3) is 5.11. The summed E-state index contributed by atoms with van der Waals surface area (Å²) in [6.45, 7) is 10.9. The molecule has 1 aromatic carbocycles. The molecule has 0 unspecified atom stereocenters. The standard InChI is InChI=1S/C15H14ClN.C2H4/c1-12(14-3-2-10-17-11-14)4-5-13-6-8-15(16)9-7-13;1-2/h3-9,11H,1-2,10H2;1-2H2/b5-4+;. The van der Waals surface area contributed by atoms with Crippen LogP contribution >= 0.6 is 11.6 Å². The first-order valence-electron chi connectivity index (χ1n) is 6.08. The largest absolute Gasteiger partial charge is 0.292 e. The third-order valence-corrected chi connectivity index (χ3v) is 2.82. The second-order valence-corrected chi connectivity index (χ2v) is 4.33. The summed E-state index contributed by atoms with van der Waals surface area (Å²) in [6.07, 6.45) is 9.09. The first-order valence-corrected chi connectivity index (χ1v) is 6.46. The van der Waals surface area contributed by atoms with Crippen LogP contribution in [0.5, 0.6) is 0 Å². The van der Waals surface area contributed by atoms with Gasteiger partial charge in [0.2, 0.25) is 0 Å². The van der Waals surface area contributed by atoms with Gasteiger partial charge in [0.25, 0.3) is 0 Å². The molecule has 0 amide bonds. The van der Waals surface area contributed by atoms with Crippen LogP contribution in [0.1, 0.15) is 12.0 Å². The van der Waals surface area contributed by atoms with E-state index in [9.17, 15) is 0 Å². The van der Waals surface area contributed by atoms with E-state index in [4.69, 9.17) is 11.6 Å². The lowest BCUT2D eigenvalue weighted by Crippen LogP contribution is -1.95. The first kappa shape index (κ1) is 15.2. The van der Waals surface area contributed by atoms with Crippen molar-refractivity contribution in [2.24, 2.45) is 4.99 Å². The van der Waals surface area contributed by atoms with Gasteiger partial charge in [-0.25, -0.2) is 0 Å². The zero-order valence-corrected chi connectivity index (χ0v) is 11.7. The Labute approximate surface area is 120 Å². The van der Waals surface area contributed by atoms with Crippen molar-refractivity contribution in [1.82, 2.24) is 0 Å². The zero-order valence-electron chi connectivity index (χ0n) is 11.0. The summed E-state index contributed by atoms with van der Waals surface area (Å²) in [4.78, 5) is 4.24. The normalized spacial score (nSPS) is 13.6. The van der Waals surface area contributed by atoms with Crippen molar-refractivity contribution in [2.75, 3.05) is 6.54 Å². The van der Waals surface area contributed by atoms with Crippen LogP contribution in [0.15, 0.2) is 72.3 Å². The Balaban J connectivity index is 0.000000861. The van der Waals surface area contributed by atoms with Gasteiger partial charge in [-0.15, -0.1) is 13.2 Å². The predicted octanol–water partition coefficient (Wildman–Crippen LogP) is 5.11. The minimum atomic E-state index is 0.753. The fraction of sp³-hybridized carbons (Fsp3) is 0.118. The van der Waals surface area contributed by atoms with E-state index >= 15 is 0 Å². The Morgan fingerprint density at radius 3 is 2.47 bits per heavy atom. The minimum Gasteiger partial charge on any atom is -0.292 e. The number of hydrogen-bond acceptors (Lipinski definition) is 1. The van der Waals surface area contributed by atoms with E-state index in [-0.39, 0.29) is 0 Å². The summed E-state index contributed by atoms with van der Waals surface area (Å²) < 4.78 is 0. The molecule has 0 aliphatic carbocycles. The van der Waals surface area contributed by atoms with Gasteiger partial charge in [-0.2, -0.15) is 0 Å². The summed E-state index contributed by atoms with van der Waals surface area (Å²) in [5.41, 5.74) is 3.22. The van der Waals surface area contributed by atoms with Gasteiger partial charge in [0, 0.05) is 17.8 Å². The van der Waals surface area contributed by atoms with Gasteiger partial charge in [-0.05, 0) is 35.3 Å². The molecule has 1 heterocycles. The smallest absolute Gasteiger partial charge is 0.0424 e. The summed E-state index contributed by atoms with van der Waals surface area (Å²) >= 11 is 5.83. The number of benzene rings is 1. The minimum absolute atomic E-state index is 0.753. The number of hydrogen-bond donors (Lipinski definition) is 0. The van der Waals surface area contributed by atoms with Gasteiger partial charge in [-0.3, -0.25) is 4.99 Å². The monoisotopic (exact) mass is 271 g/mol. The maximum Gasteiger partial charge on any atom is 0.0424 e. The molecule has 1 aliphatic rings. The van der Waals surface area contributed by atoms with Gasteiger partial charge in [-0.1, -0.05) is 48.5 Å². The molecule has 0 radical (unpaired) electrons. The highest BCUT2D eigenvalue weighted by Crippen LogP contribution is 2.15. The van der Waals surface area contributed by atoms with E-state index in [0.29, 0.717) is 0 Å². The molecule has 0 fully saturated rings. The molecule has 0 aromatic heterocycles. The summed E-state index contributed by atoms with van der Waals surface area (Å²) in [5.74, 6) is 0. The van der Waals surface area contributed by atoms with Crippen LogP contribution in [0.25, 0.3) is 6.08 Å². The average Bonchev–Trinajstić information content (AvgIpc) is 2.49. The van der Waals surface area contributed by atoms with Crippen molar-refractivity contribution in [2.45, 2.75) is 6.42 Å². The van der Waals surface area contributed by atoms with Crippen LogP contribution in [0.3, 0.4) is 0 Å². The average molecular weight is 272 g/mol. The fourth-order valence-electron chi connectivity index (χ4n) is 1.59. The quantitative estimate of drug-likeness (QED) is 0.535. The molecular formula is C17H18ClN. The molecule has 1 aliphatic heterocycles. The lowest BCUT2D eigenvalue weighted by atomic mass is 10.0. The Morgan fingerprint density at radius 1 is 1.21 bits per heavy atom. The van der Waals surface area contributed by atoms with Crippen molar-refractivity contribution in [3.8, 4) is 0 Å². The maximum atomic E-state index is 5.83. The summed E-state index contributed by atoms with van der Waals surface area (Å²) in [6, 6.07) is 7.72. The molecule has 0 saturated carbocycles. The Morgan fingerprint density at radius 2 is 1.89 bits per heavy atom. The van der Waals surface area contributed by atoms with Crippen LogP contribution in [-0.2, 0) is 0 Å². The molecule has 98 valence electrons. The maximum absolute atomic E-state index is 5.83. The number of halogens is 1. The molecule has 0 N–H and O–H groups in total. The third-order valence-electron chi connectivity index (χ3n) is 2.57. The van der Waals surface area contributed by atoms with Crippen LogP contribution in [0, 0.1) is 0 Å². The molecule has 19 heavy (non-hydrogen) atoms. The van der Waals surface area contributed by atoms with E-state index in [1.807, 2.05) is 42.6 Å². The second kappa shape index (κ2) is 8.28. The lowest BCUT2D eigenvalue weighted by Gasteiger charge is -2.05. The van der Waals surface area contributed by atoms with E-state index in [1.54, 1.807) is 0 Å². The highest BCUT2D eigenvalue weighted by Gasteiger charge is 1.99. The van der Waals surface area contributed by atoms with Gasteiger partial charge < -0.3 is 0 Å². The van der Waals surface area contributed by atoms with Crippen LogP contribution in [0.4, 0.5) is 0 Å². The van der Waals surface area contributed by atoms with Crippen LogP contribution < -0.4 is 0 Å². The van der Waals surface area contributed by atoms with Gasteiger partial charge in [0.05, 0.1) is 0 Å². The SMILES string of the molecule is C=C.C=C(/C=C/c1ccc(Cl)cc1)C1=CCCN=C1. The van der Waals surface area contributed by atoms with Crippen molar-refractivity contribution in [3.05, 3.63) is 77.9 Å². The van der Waals surface area contributed by atoms with E-state index in [2.05, 4.69) is 30.8 Å². The molecule has 1 nitrogen and oxygen atoms in total. The van der Waals surface area contributed by atoms with E-state index < -0.39 is 0 Å². The van der Waals surface area contributed by atoms with Gasteiger partial charge in [0.15, 0.2) is 0 Å². The molecule has 2 heteroatoms. The fourth-order valence-corrected chi connectivity index (χ4v) is 1.72. The van der Waals surface area contributed by atoms with Crippen molar-refractivity contribution in [1.29, 1.82) is 0 Å². The highest BCUT2D eigenvalue weighted by molar-refractivity contribution is 6.30. The Hall–Kier alpha value is -1.86. The molecule has 0 saturated heterocycles. The van der Waals surface area contributed by atoms with Crippen molar-refractivity contribution >= 4 is 23.9 Å². The molecule has 0 atom stereocenters. The van der Waals surface area contributed by atoms with Crippen molar-refractivity contribution in [3.63, 3.8) is 0 Å². The first-order chi connectivity index (χ1) is 9.25. The van der Waals surface area contributed by atoms with Gasteiger partial charge in [0.1, 0.15) is 0 Å². The topological polar surface area (TPSA) is 12.4 Å².